The predicted octanol–water partition coefficient (Wildman–Crippen LogP) is 1.03. The number of esters is 1. The lowest BCUT2D eigenvalue weighted by Gasteiger charge is -2.30. The topological polar surface area (TPSA) is 81.6 Å². The number of ether oxygens (including phenoxy) is 1. The molecule has 0 amide bonds. The van der Waals surface area contributed by atoms with Gasteiger partial charge in [-0.05, 0) is 32.2 Å². The molecule has 0 aromatic carbocycles. The van der Waals surface area contributed by atoms with Crippen LogP contribution in [0.25, 0.3) is 0 Å². The third-order valence-electron chi connectivity index (χ3n) is 3.10. The third-order valence-corrected chi connectivity index (χ3v) is 3.10. The maximum absolute atomic E-state index is 11.5. The Bertz CT molecular complexity index is 405. The molecule has 1 atom stereocenters. The minimum Gasteiger partial charge on any atom is -0.461 e. The smallest absolute Gasteiger partial charge is 0.360 e. The summed E-state index contributed by atoms with van der Waals surface area (Å²) in [6.07, 6.45) is 3.55. The van der Waals surface area contributed by atoms with Crippen molar-refractivity contribution in [2.45, 2.75) is 19.8 Å². The van der Waals surface area contributed by atoms with Crippen molar-refractivity contribution in [1.29, 1.82) is 0 Å². The highest BCUT2D eigenvalue weighted by molar-refractivity contribution is 5.87. The van der Waals surface area contributed by atoms with E-state index in [1.165, 1.54) is 6.26 Å². The summed E-state index contributed by atoms with van der Waals surface area (Å²) in [7, 11) is 0. The first-order chi connectivity index (χ1) is 8.74. The van der Waals surface area contributed by atoms with Crippen LogP contribution in [0.1, 0.15) is 30.3 Å². The number of hydrogen-bond donors (Lipinski definition) is 1. The van der Waals surface area contributed by atoms with E-state index in [0.717, 1.165) is 25.9 Å². The van der Waals surface area contributed by atoms with Crippen LogP contribution in [0, 0.1) is 5.92 Å². The number of hydrogen-bond acceptors (Lipinski definition) is 6. The molecule has 2 heterocycles. The summed E-state index contributed by atoms with van der Waals surface area (Å²) in [5.41, 5.74) is 5.91. The standard InChI is InChI=1S/C12H19N3O3/c1-2-17-11(16)10-8-18-12(14-10)15-5-3-4-9(6-13)7-15/h8-9H,2-7,13H2,1H3. The fourth-order valence-electron chi connectivity index (χ4n) is 2.14. The predicted molar refractivity (Wildman–Crippen MR) is 66.5 cm³/mol. The van der Waals surface area contributed by atoms with Crippen molar-refractivity contribution in [3.05, 3.63) is 12.0 Å². The maximum atomic E-state index is 11.5. The van der Waals surface area contributed by atoms with Gasteiger partial charge in [-0.25, -0.2) is 4.79 Å². The van der Waals surface area contributed by atoms with Crippen LogP contribution in [0.2, 0.25) is 0 Å². The Balaban J connectivity index is 2.03. The minimum absolute atomic E-state index is 0.224. The Labute approximate surface area is 106 Å². The van der Waals surface area contributed by atoms with E-state index in [0.29, 0.717) is 25.1 Å². The number of aromatic nitrogens is 1. The van der Waals surface area contributed by atoms with Crippen LogP contribution in [0.4, 0.5) is 6.01 Å². The Hall–Kier alpha value is -1.56. The lowest BCUT2D eigenvalue weighted by molar-refractivity contribution is 0.0519. The molecule has 1 aliphatic heterocycles. The van der Waals surface area contributed by atoms with Crippen LogP contribution in [0.15, 0.2) is 10.7 Å². The molecule has 0 radical (unpaired) electrons. The number of carbonyl (C=O) groups excluding carboxylic acids is 1. The van der Waals surface area contributed by atoms with E-state index in [1.54, 1.807) is 6.92 Å². The van der Waals surface area contributed by atoms with E-state index in [9.17, 15) is 4.79 Å². The normalized spacial score (nSPS) is 19.9. The summed E-state index contributed by atoms with van der Waals surface area (Å²) in [5, 5.41) is 0. The highest BCUT2D eigenvalue weighted by Crippen LogP contribution is 2.22. The Kier molecular flexibility index (Phi) is 4.19. The van der Waals surface area contributed by atoms with Crippen molar-refractivity contribution < 1.29 is 13.9 Å². The van der Waals surface area contributed by atoms with Gasteiger partial charge in [-0.3, -0.25) is 0 Å². The number of nitrogens with zero attached hydrogens (tertiary/aromatic N) is 2. The fourth-order valence-corrected chi connectivity index (χ4v) is 2.14. The third kappa shape index (κ3) is 2.81. The van der Waals surface area contributed by atoms with Gasteiger partial charge in [0.25, 0.3) is 6.01 Å². The molecular formula is C12H19N3O3. The van der Waals surface area contributed by atoms with E-state index in [4.69, 9.17) is 14.9 Å². The molecule has 2 rings (SSSR count). The van der Waals surface area contributed by atoms with E-state index in [-0.39, 0.29) is 5.69 Å². The van der Waals surface area contributed by atoms with Crippen molar-refractivity contribution in [2.24, 2.45) is 11.7 Å². The van der Waals surface area contributed by atoms with Gasteiger partial charge in [0.15, 0.2) is 5.69 Å². The molecule has 0 saturated carbocycles. The summed E-state index contributed by atoms with van der Waals surface area (Å²) >= 11 is 0. The van der Waals surface area contributed by atoms with Crippen molar-refractivity contribution in [1.82, 2.24) is 4.98 Å². The average Bonchev–Trinajstić information content (AvgIpc) is 2.89. The van der Waals surface area contributed by atoms with E-state index in [2.05, 4.69) is 4.98 Å². The zero-order valence-electron chi connectivity index (χ0n) is 10.6. The van der Waals surface area contributed by atoms with Crippen molar-refractivity contribution in [3.63, 3.8) is 0 Å². The number of anilines is 1. The zero-order chi connectivity index (χ0) is 13.0. The van der Waals surface area contributed by atoms with Crippen molar-refractivity contribution in [3.8, 4) is 0 Å². The SMILES string of the molecule is CCOC(=O)c1coc(N2CCCC(CN)C2)n1. The van der Waals surface area contributed by atoms with Gasteiger partial charge in [0, 0.05) is 13.1 Å². The van der Waals surface area contributed by atoms with E-state index < -0.39 is 5.97 Å². The molecule has 6 nitrogen and oxygen atoms in total. The molecule has 2 N–H and O–H groups in total. The van der Waals surface area contributed by atoms with Gasteiger partial charge in [-0.1, -0.05) is 0 Å². The minimum atomic E-state index is -0.445. The summed E-state index contributed by atoms with van der Waals surface area (Å²) < 4.78 is 10.2. The van der Waals surface area contributed by atoms with Gasteiger partial charge < -0.3 is 19.8 Å². The molecule has 1 aromatic heterocycles. The Morgan fingerprint density at radius 3 is 3.28 bits per heavy atom. The van der Waals surface area contributed by atoms with Crippen LogP contribution >= 0.6 is 0 Å². The molecular weight excluding hydrogens is 234 g/mol. The second-order valence-electron chi connectivity index (χ2n) is 4.43. The average molecular weight is 253 g/mol. The van der Waals surface area contributed by atoms with Crippen LogP contribution in [-0.2, 0) is 4.74 Å². The summed E-state index contributed by atoms with van der Waals surface area (Å²) in [5.74, 6) is 0.0246. The zero-order valence-corrected chi connectivity index (χ0v) is 10.6. The van der Waals surface area contributed by atoms with Crippen LogP contribution in [0.3, 0.4) is 0 Å². The van der Waals surface area contributed by atoms with Gasteiger partial charge in [0.05, 0.1) is 6.61 Å². The molecule has 100 valence electrons. The first-order valence-corrected chi connectivity index (χ1v) is 6.32. The number of oxazole rings is 1. The molecule has 0 bridgehead atoms. The second-order valence-corrected chi connectivity index (χ2v) is 4.43. The van der Waals surface area contributed by atoms with Crippen LogP contribution < -0.4 is 10.6 Å². The monoisotopic (exact) mass is 253 g/mol. The number of carbonyl (C=O) groups is 1. The highest BCUT2D eigenvalue weighted by atomic mass is 16.5. The molecule has 1 aromatic rings. The lowest BCUT2D eigenvalue weighted by Crippen LogP contribution is -2.38. The van der Waals surface area contributed by atoms with Crippen molar-refractivity contribution in [2.75, 3.05) is 31.1 Å². The fraction of sp³-hybridized carbons (Fsp3) is 0.667. The number of piperidine rings is 1. The molecule has 1 aliphatic rings. The van der Waals surface area contributed by atoms with E-state index >= 15 is 0 Å². The largest absolute Gasteiger partial charge is 0.461 e. The van der Waals surface area contributed by atoms with Crippen LogP contribution in [0.5, 0.6) is 0 Å². The second kappa shape index (κ2) is 5.86. The molecule has 18 heavy (non-hydrogen) atoms. The van der Waals surface area contributed by atoms with Gasteiger partial charge in [-0.15, -0.1) is 0 Å². The summed E-state index contributed by atoms with van der Waals surface area (Å²) in [4.78, 5) is 17.7. The maximum Gasteiger partial charge on any atom is 0.360 e. The van der Waals surface area contributed by atoms with Gasteiger partial charge in [-0.2, -0.15) is 4.98 Å². The summed E-state index contributed by atoms with van der Waals surface area (Å²) in [6, 6.07) is 0.483. The first-order valence-electron chi connectivity index (χ1n) is 6.32. The number of nitrogens with two attached hydrogens (primary N) is 1. The first kappa shape index (κ1) is 12.9. The summed E-state index contributed by atoms with van der Waals surface area (Å²) in [6.45, 7) is 4.48. The highest BCUT2D eigenvalue weighted by Gasteiger charge is 2.23. The van der Waals surface area contributed by atoms with Gasteiger partial charge in [0.2, 0.25) is 0 Å². The Morgan fingerprint density at radius 1 is 1.72 bits per heavy atom. The van der Waals surface area contributed by atoms with Gasteiger partial charge >= 0.3 is 5.97 Å². The van der Waals surface area contributed by atoms with Crippen LogP contribution in [-0.4, -0.2) is 37.2 Å². The molecule has 6 heteroatoms. The van der Waals surface area contributed by atoms with Crippen molar-refractivity contribution >= 4 is 12.0 Å². The molecule has 1 fully saturated rings. The quantitative estimate of drug-likeness (QED) is 0.807. The number of rotatable bonds is 4. The van der Waals surface area contributed by atoms with E-state index in [1.807, 2.05) is 4.90 Å². The molecule has 0 spiro atoms. The molecule has 1 unspecified atom stereocenters. The molecule has 0 aliphatic carbocycles. The lowest BCUT2D eigenvalue weighted by atomic mass is 9.99. The molecule has 1 saturated heterocycles. The van der Waals surface area contributed by atoms with Gasteiger partial charge in [0.1, 0.15) is 6.26 Å². The Morgan fingerprint density at radius 2 is 2.56 bits per heavy atom.